The molecule has 0 aromatic heterocycles. The molecule has 0 radical (unpaired) electrons. The van der Waals surface area contributed by atoms with Crippen molar-refractivity contribution in [2.24, 2.45) is 5.10 Å². The standard InChI is InChI=1S/C18H21N3O3/c1-13(20-15-6-10-17(24-3)11-7-15)18(22)21-19-12-14-4-8-16(23-2)9-5-14/h4-13,20H,1-3H3,(H,21,22)/t13-/m1/s1. The molecule has 126 valence electrons. The summed E-state index contributed by atoms with van der Waals surface area (Å²) in [5.74, 6) is 1.31. The summed E-state index contributed by atoms with van der Waals surface area (Å²) in [6, 6.07) is 14.3. The first-order valence-electron chi connectivity index (χ1n) is 7.50. The van der Waals surface area contributed by atoms with Crippen LogP contribution in [-0.2, 0) is 4.79 Å². The molecule has 0 unspecified atom stereocenters. The number of methoxy groups -OCH3 is 2. The number of rotatable bonds is 7. The first-order chi connectivity index (χ1) is 11.6. The van der Waals surface area contributed by atoms with Crippen LogP contribution < -0.4 is 20.2 Å². The number of anilines is 1. The molecule has 0 spiro atoms. The van der Waals surface area contributed by atoms with Crippen molar-refractivity contribution in [1.82, 2.24) is 5.43 Å². The second-order valence-electron chi connectivity index (χ2n) is 5.10. The van der Waals surface area contributed by atoms with Gasteiger partial charge in [0.05, 0.1) is 20.4 Å². The van der Waals surface area contributed by atoms with Gasteiger partial charge >= 0.3 is 0 Å². The SMILES string of the molecule is COc1ccc(C=NNC(=O)[C@@H](C)Nc2ccc(OC)cc2)cc1. The average Bonchev–Trinajstić information content (AvgIpc) is 2.62. The highest BCUT2D eigenvalue weighted by molar-refractivity contribution is 5.86. The van der Waals surface area contributed by atoms with Gasteiger partial charge in [-0.25, -0.2) is 5.43 Å². The molecule has 2 aromatic carbocycles. The number of amides is 1. The molecular weight excluding hydrogens is 306 g/mol. The Balaban J connectivity index is 1.84. The van der Waals surface area contributed by atoms with Crippen LogP contribution in [0.5, 0.6) is 11.5 Å². The van der Waals surface area contributed by atoms with Gasteiger partial charge in [-0.15, -0.1) is 0 Å². The summed E-state index contributed by atoms with van der Waals surface area (Å²) >= 11 is 0. The molecular formula is C18H21N3O3. The molecule has 24 heavy (non-hydrogen) atoms. The lowest BCUT2D eigenvalue weighted by atomic mass is 10.2. The summed E-state index contributed by atoms with van der Waals surface area (Å²) in [6.45, 7) is 1.77. The lowest BCUT2D eigenvalue weighted by Crippen LogP contribution is -2.34. The molecule has 6 nitrogen and oxygen atoms in total. The van der Waals surface area contributed by atoms with Crippen molar-refractivity contribution in [2.45, 2.75) is 13.0 Å². The average molecular weight is 327 g/mol. The van der Waals surface area contributed by atoms with Crippen LogP contribution in [0.1, 0.15) is 12.5 Å². The Morgan fingerprint density at radius 1 is 1.00 bits per heavy atom. The summed E-state index contributed by atoms with van der Waals surface area (Å²) in [7, 11) is 3.22. The van der Waals surface area contributed by atoms with Crippen LogP contribution in [-0.4, -0.2) is 32.4 Å². The van der Waals surface area contributed by atoms with Crippen molar-refractivity contribution in [2.75, 3.05) is 19.5 Å². The topological polar surface area (TPSA) is 72.0 Å². The highest BCUT2D eigenvalue weighted by Crippen LogP contribution is 2.15. The lowest BCUT2D eigenvalue weighted by Gasteiger charge is -2.13. The minimum atomic E-state index is -0.425. The van der Waals surface area contributed by atoms with Crippen LogP contribution in [0.15, 0.2) is 53.6 Å². The third-order valence-electron chi connectivity index (χ3n) is 3.37. The molecule has 0 aliphatic rings. The van der Waals surface area contributed by atoms with Crippen LogP contribution in [0, 0.1) is 0 Å². The number of nitrogens with one attached hydrogen (secondary N) is 2. The van der Waals surface area contributed by atoms with Crippen molar-refractivity contribution >= 4 is 17.8 Å². The Bertz CT molecular complexity index is 682. The molecule has 0 fully saturated rings. The van der Waals surface area contributed by atoms with Crippen molar-refractivity contribution in [1.29, 1.82) is 0 Å². The second-order valence-corrected chi connectivity index (χ2v) is 5.10. The first-order valence-corrected chi connectivity index (χ1v) is 7.50. The third kappa shape index (κ3) is 5.01. The van der Waals surface area contributed by atoms with E-state index in [-0.39, 0.29) is 5.91 Å². The summed E-state index contributed by atoms with van der Waals surface area (Å²) < 4.78 is 10.2. The van der Waals surface area contributed by atoms with Crippen molar-refractivity contribution in [3.05, 3.63) is 54.1 Å². The quantitative estimate of drug-likeness (QED) is 0.606. The molecule has 0 heterocycles. The fourth-order valence-electron chi connectivity index (χ4n) is 1.96. The van der Waals surface area contributed by atoms with Crippen molar-refractivity contribution in [3.63, 3.8) is 0 Å². The summed E-state index contributed by atoms with van der Waals surface area (Å²) in [5.41, 5.74) is 4.21. The maximum Gasteiger partial charge on any atom is 0.262 e. The van der Waals surface area contributed by atoms with Gasteiger partial charge in [-0.2, -0.15) is 5.10 Å². The fraction of sp³-hybridized carbons (Fsp3) is 0.222. The number of hydrogen-bond acceptors (Lipinski definition) is 5. The number of carbonyl (C=O) groups is 1. The van der Waals surface area contributed by atoms with E-state index in [0.29, 0.717) is 0 Å². The molecule has 1 atom stereocenters. The number of hydrogen-bond donors (Lipinski definition) is 2. The van der Waals surface area contributed by atoms with E-state index in [0.717, 1.165) is 22.7 Å². The molecule has 0 aliphatic carbocycles. The highest BCUT2D eigenvalue weighted by atomic mass is 16.5. The Morgan fingerprint density at radius 3 is 2.08 bits per heavy atom. The van der Waals surface area contributed by atoms with E-state index in [1.807, 2.05) is 48.5 Å². The highest BCUT2D eigenvalue weighted by Gasteiger charge is 2.11. The predicted molar refractivity (Wildman–Crippen MR) is 94.8 cm³/mol. The van der Waals surface area contributed by atoms with E-state index in [4.69, 9.17) is 9.47 Å². The third-order valence-corrected chi connectivity index (χ3v) is 3.37. The van der Waals surface area contributed by atoms with Gasteiger partial charge in [0.2, 0.25) is 0 Å². The number of ether oxygens (including phenoxy) is 2. The zero-order chi connectivity index (χ0) is 17.4. The smallest absolute Gasteiger partial charge is 0.262 e. The van der Waals surface area contributed by atoms with E-state index < -0.39 is 6.04 Å². The van der Waals surface area contributed by atoms with Gasteiger partial charge in [0.25, 0.3) is 5.91 Å². The van der Waals surface area contributed by atoms with Gasteiger partial charge in [0, 0.05) is 5.69 Å². The summed E-state index contributed by atoms with van der Waals surface area (Å²) in [5, 5.41) is 7.06. The van der Waals surface area contributed by atoms with E-state index >= 15 is 0 Å². The predicted octanol–water partition coefficient (Wildman–Crippen LogP) is 2.65. The maximum atomic E-state index is 12.0. The molecule has 0 aliphatic heterocycles. The van der Waals surface area contributed by atoms with Gasteiger partial charge in [-0.1, -0.05) is 0 Å². The zero-order valence-electron chi connectivity index (χ0n) is 13.9. The Morgan fingerprint density at radius 2 is 1.54 bits per heavy atom. The van der Waals surface area contributed by atoms with E-state index in [2.05, 4.69) is 15.8 Å². The van der Waals surface area contributed by atoms with Gasteiger partial charge in [-0.05, 0) is 61.0 Å². The zero-order valence-corrected chi connectivity index (χ0v) is 13.9. The molecule has 0 saturated carbocycles. The van der Waals surface area contributed by atoms with Crippen molar-refractivity contribution < 1.29 is 14.3 Å². The van der Waals surface area contributed by atoms with E-state index in [1.165, 1.54) is 0 Å². The Hall–Kier alpha value is -3.02. The number of carbonyl (C=O) groups excluding carboxylic acids is 1. The number of benzene rings is 2. The molecule has 6 heteroatoms. The maximum absolute atomic E-state index is 12.0. The molecule has 1 amide bonds. The van der Waals surface area contributed by atoms with Crippen LogP contribution in [0.2, 0.25) is 0 Å². The molecule has 2 N–H and O–H groups in total. The fourth-order valence-corrected chi connectivity index (χ4v) is 1.96. The monoisotopic (exact) mass is 327 g/mol. The Labute approximate surface area is 141 Å². The van der Waals surface area contributed by atoms with E-state index in [9.17, 15) is 4.79 Å². The Kier molecular flexibility index (Phi) is 6.19. The second kappa shape index (κ2) is 8.57. The van der Waals surface area contributed by atoms with Gasteiger partial charge in [0.15, 0.2) is 0 Å². The summed E-state index contributed by atoms with van der Waals surface area (Å²) in [4.78, 5) is 12.0. The van der Waals surface area contributed by atoms with Crippen LogP contribution in [0.4, 0.5) is 5.69 Å². The van der Waals surface area contributed by atoms with Crippen LogP contribution in [0.3, 0.4) is 0 Å². The normalized spacial score (nSPS) is 11.8. The lowest BCUT2D eigenvalue weighted by molar-refractivity contribution is -0.121. The molecule has 0 saturated heterocycles. The first kappa shape index (κ1) is 17.3. The molecule has 0 bridgehead atoms. The number of hydrazone groups is 1. The molecule has 2 rings (SSSR count). The minimum Gasteiger partial charge on any atom is -0.497 e. The summed E-state index contributed by atoms with van der Waals surface area (Å²) in [6.07, 6.45) is 1.58. The minimum absolute atomic E-state index is 0.226. The van der Waals surface area contributed by atoms with E-state index in [1.54, 1.807) is 27.4 Å². The van der Waals surface area contributed by atoms with Gasteiger partial charge in [-0.3, -0.25) is 4.79 Å². The van der Waals surface area contributed by atoms with Gasteiger partial charge < -0.3 is 14.8 Å². The largest absolute Gasteiger partial charge is 0.497 e. The van der Waals surface area contributed by atoms with Gasteiger partial charge in [0.1, 0.15) is 17.5 Å². The van der Waals surface area contributed by atoms with Crippen molar-refractivity contribution in [3.8, 4) is 11.5 Å². The molecule has 2 aromatic rings. The van der Waals surface area contributed by atoms with Crippen LogP contribution >= 0.6 is 0 Å². The van der Waals surface area contributed by atoms with Crippen LogP contribution in [0.25, 0.3) is 0 Å². The number of nitrogens with zero attached hydrogens (tertiary/aromatic N) is 1.